The van der Waals surface area contributed by atoms with Crippen molar-refractivity contribution in [3.8, 4) is 23.4 Å². The van der Waals surface area contributed by atoms with Gasteiger partial charge in [-0.2, -0.15) is 10.4 Å². The van der Waals surface area contributed by atoms with Gasteiger partial charge < -0.3 is 20.9 Å². The lowest BCUT2D eigenvalue weighted by atomic mass is 9.63. The summed E-state index contributed by atoms with van der Waals surface area (Å²) in [6.07, 6.45) is 11.3. The van der Waals surface area contributed by atoms with E-state index >= 15 is 0 Å². The van der Waals surface area contributed by atoms with Crippen LogP contribution in [0.15, 0.2) is 23.0 Å². The lowest BCUT2D eigenvalue weighted by molar-refractivity contribution is 0.232. The zero-order valence-corrected chi connectivity index (χ0v) is 25.1. The van der Waals surface area contributed by atoms with Crippen molar-refractivity contribution in [2.45, 2.75) is 75.8 Å². The van der Waals surface area contributed by atoms with Gasteiger partial charge in [0.05, 0.1) is 28.6 Å². The number of fused-ring (bicyclic) bond motifs is 5. The Balaban J connectivity index is 1.32. The highest BCUT2D eigenvalue weighted by Gasteiger charge is 2.49. The van der Waals surface area contributed by atoms with E-state index in [1.165, 1.54) is 11.3 Å². The van der Waals surface area contributed by atoms with Crippen LogP contribution in [-0.2, 0) is 18.3 Å². The highest BCUT2D eigenvalue weighted by Crippen LogP contribution is 2.55. The molecule has 13 heteroatoms. The van der Waals surface area contributed by atoms with Crippen molar-refractivity contribution < 1.29 is 4.52 Å². The Kier molecular flexibility index (Phi) is 5.89. The Morgan fingerprint density at radius 3 is 2.77 bits per heavy atom. The van der Waals surface area contributed by atoms with Gasteiger partial charge in [0.1, 0.15) is 16.9 Å². The summed E-state index contributed by atoms with van der Waals surface area (Å²) >= 11 is 1.54. The lowest BCUT2D eigenvalue weighted by Crippen LogP contribution is -2.35. The number of hydrogen-bond donors (Lipinski definition) is 2. The minimum absolute atomic E-state index is 0.104. The summed E-state index contributed by atoms with van der Waals surface area (Å²) in [5, 5.41) is 25.4. The first-order valence-electron chi connectivity index (χ1n) is 15.0. The molecule has 5 aromatic rings. The van der Waals surface area contributed by atoms with Gasteiger partial charge in [0, 0.05) is 28.7 Å². The first-order valence-corrected chi connectivity index (χ1v) is 15.8. The maximum absolute atomic E-state index is 10.1. The third-order valence-corrected chi connectivity index (χ3v) is 10.9. The zero-order valence-electron chi connectivity index (χ0n) is 24.2. The molecule has 1 aliphatic heterocycles. The van der Waals surface area contributed by atoms with Crippen molar-refractivity contribution in [3.05, 3.63) is 45.8 Å². The summed E-state index contributed by atoms with van der Waals surface area (Å²) in [4.78, 5) is 13.7. The minimum Gasteiger partial charge on any atom is -0.389 e. The summed E-state index contributed by atoms with van der Waals surface area (Å²) in [5.74, 6) is 2.29. The molecule has 6 heterocycles. The smallest absolute Gasteiger partial charge is 0.186 e. The average molecular weight is 596 g/mol. The molecule has 0 saturated carbocycles. The van der Waals surface area contributed by atoms with E-state index in [-0.39, 0.29) is 6.04 Å². The van der Waals surface area contributed by atoms with Gasteiger partial charge in [-0.15, -0.1) is 16.4 Å². The van der Waals surface area contributed by atoms with E-state index in [2.05, 4.69) is 35.2 Å². The maximum atomic E-state index is 10.1. The van der Waals surface area contributed by atoms with E-state index in [0.29, 0.717) is 39.8 Å². The molecule has 1 saturated heterocycles. The van der Waals surface area contributed by atoms with E-state index in [9.17, 15) is 5.26 Å². The third-order valence-electron chi connectivity index (χ3n) is 9.85. The number of hydrogen-bond acceptors (Lipinski definition) is 11. The molecule has 12 nitrogen and oxygen atoms in total. The third kappa shape index (κ3) is 3.79. The predicted molar refractivity (Wildman–Crippen MR) is 163 cm³/mol. The van der Waals surface area contributed by atoms with Gasteiger partial charge in [-0.05, 0) is 77.4 Å². The minimum atomic E-state index is -0.418. The molecule has 2 aliphatic carbocycles. The average Bonchev–Trinajstić information content (AvgIpc) is 3.83. The molecule has 0 bridgehead atoms. The monoisotopic (exact) mass is 595 g/mol. The number of aryl methyl sites for hydroxylation is 1. The van der Waals surface area contributed by atoms with Crippen LogP contribution >= 0.6 is 11.3 Å². The normalized spacial score (nSPS) is 22.6. The van der Waals surface area contributed by atoms with Gasteiger partial charge >= 0.3 is 0 Å². The van der Waals surface area contributed by atoms with Crippen LogP contribution in [0.3, 0.4) is 0 Å². The van der Waals surface area contributed by atoms with Crippen molar-refractivity contribution in [3.63, 3.8) is 0 Å². The largest absolute Gasteiger partial charge is 0.389 e. The summed E-state index contributed by atoms with van der Waals surface area (Å²) in [7, 11) is 2.17. The highest BCUT2D eigenvalue weighted by atomic mass is 32.1. The summed E-state index contributed by atoms with van der Waals surface area (Å²) < 4.78 is 9.96. The molecule has 4 N–H and O–H groups in total. The fourth-order valence-electron chi connectivity index (χ4n) is 7.87. The van der Waals surface area contributed by atoms with Crippen molar-refractivity contribution >= 4 is 33.2 Å². The van der Waals surface area contributed by atoms with Crippen molar-refractivity contribution in [2.24, 2.45) is 0 Å². The quantitative estimate of drug-likeness (QED) is 0.304. The number of nitrogens with zero attached hydrogens (tertiary/aromatic N) is 9. The Hall–Kier alpha value is -4.28. The molecule has 0 unspecified atom stereocenters. The molecule has 0 radical (unpaired) electrons. The Labute approximate surface area is 252 Å². The van der Waals surface area contributed by atoms with Crippen LogP contribution in [0.2, 0.25) is 0 Å². The molecule has 0 aromatic carbocycles. The first-order chi connectivity index (χ1) is 20.9. The SMILES string of the molecule is C[C@@H]([C@@H]1CCCN1C)n1ncc2c(-n3ccc(N)n3)nc(-c3noc4c3CCC[C@@]43CCCc4sc(N)c(C#N)c43)nc21. The Morgan fingerprint density at radius 2 is 2.02 bits per heavy atom. The second-order valence-electron chi connectivity index (χ2n) is 12.2. The fraction of sp³-hybridized carbons (Fsp3) is 0.467. The van der Waals surface area contributed by atoms with Gasteiger partial charge in [-0.1, -0.05) is 5.16 Å². The lowest BCUT2D eigenvalue weighted by Gasteiger charge is -2.39. The molecule has 1 fully saturated rings. The van der Waals surface area contributed by atoms with Gasteiger partial charge in [-0.3, -0.25) is 0 Å². The number of rotatable bonds is 4. The standard InChI is InChI=1S/C30H33N11OS/c1-16(20-7-5-12-39(20)2)41-29-19(15-34-41)28(40-13-9-22(32)37-40)35-27(36-29)24-17-6-3-10-30(25(17)42-38-24)11-4-8-21-23(30)18(14-31)26(33)43-21/h9,13,15-16,20H,3-8,10-12,33H2,1-2H3,(H2,32,37)/t16-,20-,30-/m0/s1. The fourth-order valence-corrected chi connectivity index (χ4v) is 9.03. The molecule has 8 rings (SSSR count). The second kappa shape index (κ2) is 9.62. The van der Waals surface area contributed by atoms with Gasteiger partial charge in [0.15, 0.2) is 28.7 Å². The van der Waals surface area contributed by atoms with Crippen LogP contribution in [-0.4, -0.2) is 59.2 Å². The van der Waals surface area contributed by atoms with Crippen molar-refractivity contribution in [2.75, 3.05) is 25.1 Å². The molecule has 43 heavy (non-hydrogen) atoms. The number of likely N-dealkylation sites (N-methyl/N-ethyl adjacent to an activating group) is 1. The van der Waals surface area contributed by atoms with Crippen molar-refractivity contribution in [1.82, 2.24) is 39.6 Å². The first kappa shape index (κ1) is 26.4. The molecule has 3 aliphatic rings. The Morgan fingerprint density at radius 1 is 1.19 bits per heavy atom. The molecule has 5 aromatic heterocycles. The number of anilines is 2. The summed E-state index contributed by atoms with van der Waals surface area (Å²) in [6, 6.07) is 4.61. The van der Waals surface area contributed by atoms with Crippen LogP contribution < -0.4 is 11.5 Å². The molecule has 220 valence electrons. The molecule has 3 atom stereocenters. The van der Waals surface area contributed by atoms with Crippen LogP contribution in [0.25, 0.3) is 28.4 Å². The topological polar surface area (TPSA) is 167 Å². The number of nitrogen functional groups attached to an aromatic ring is 2. The van der Waals surface area contributed by atoms with Crippen LogP contribution in [0, 0.1) is 11.3 Å². The number of aromatic nitrogens is 7. The molecule has 0 amide bonds. The van der Waals surface area contributed by atoms with E-state index in [4.69, 9.17) is 31.1 Å². The van der Waals surface area contributed by atoms with Crippen LogP contribution in [0.5, 0.6) is 0 Å². The number of thiophene rings is 1. The van der Waals surface area contributed by atoms with Gasteiger partial charge in [-0.25, -0.2) is 19.3 Å². The number of likely N-dealkylation sites (tertiary alicyclic amines) is 1. The van der Waals surface area contributed by atoms with Gasteiger partial charge in [0.2, 0.25) is 0 Å². The van der Waals surface area contributed by atoms with Crippen molar-refractivity contribution in [1.29, 1.82) is 5.26 Å². The van der Waals surface area contributed by atoms with E-state index < -0.39 is 5.41 Å². The van der Waals surface area contributed by atoms with Crippen LogP contribution in [0.4, 0.5) is 10.8 Å². The van der Waals surface area contributed by atoms with Crippen LogP contribution in [0.1, 0.15) is 78.8 Å². The van der Waals surface area contributed by atoms with E-state index in [0.717, 1.165) is 79.4 Å². The van der Waals surface area contributed by atoms with Gasteiger partial charge in [0.25, 0.3) is 0 Å². The number of nitrogens with two attached hydrogens (primary N) is 2. The zero-order chi connectivity index (χ0) is 29.5. The summed E-state index contributed by atoms with van der Waals surface area (Å²) in [6.45, 7) is 3.28. The van der Waals surface area contributed by atoms with E-state index in [1.807, 2.05) is 10.9 Å². The second-order valence-corrected chi connectivity index (χ2v) is 13.3. The predicted octanol–water partition coefficient (Wildman–Crippen LogP) is 4.38. The maximum Gasteiger partial charge on any atom is 0.186 e. The molecule has 1 spiro atoms. The molecular formula is C30H33N11OS. The highest BCUT2D eigenvalue weighted by molar-refractivity contribution is 7.16. The number of nitriles is 1. The summed E-state index contributed by atoms with van der Waals surface area (Å²) in [5.41, 5.74) is 15.9. The molecular weight excluding hydrogens is 562 g/mol. The van der Waals surface area contributed by atoms with E-state index in [1.54, 1.807) is 28.3 Å². The Bertz CT molecular complexity index is 1920.